The second-order valence-electron chi connectivity index (χ2n) is 4.68. The molecule has 0 fully saturated rings. The molecule has 0 saturated carbocycles. The third kappa shape index (κ3) is 3.66. The topological polar surface area (TPSA) is 47.3 Å². The molecule has 0 spiro atoms. The van der Waals surface area contributed by atoms with Crippen molar-refractivity contribution in [1.29, 1.82) is 0 Å². The zero-order valence-electron chi connectivity index (χ0n) is 11.4. The molecule has 2 rings (SSSR count). The molecule has 4 nitrogen and oxygen atoms in total. The first-order valence-corrected chi connectivity index (χ1v) is 6.42. The lowest BCUT2D eigenvalue weighted by atomic mass is 10.0. The van der Waals surface area contributed by atoms with Crippen LogP contribution in [-0.2, 0) is 24.8 Å². The molecule has 1 aromatic heterocycles. The molecular formula is C15H20N2O2. The van der Waals surface area contributed by atoms with Crippen LogP contribution in [0, 0.1) is 0 Å². The van der Waals surface area contributed by atoms with Gasteiger partial charge in [-0.3, -0.25) is 0 Å². The molecule has 0 bridgehead atoms. The third-order valence-electron chi connectivity index (χ3n) is 3.24. The molecule has 19 heavy (non-hydrogen) atoms. The van der Waals surface area contributed by atoms with Crippen LogP contribution < -0.4 is 0 Å². The van der Waals surface area contributed by atoms with E-state index in [4.69, 9.17) is 4.74 Å². The van der Waals surface area contributed by atoms with Gasteiger partial charge < -0.3 is 14.4 Å². The van der Waals surface area contributed by atoms with E-state index >= 15 is 0 Å². The number of imidazole rings is 1. The minimum absolute atomic E-state index is 0.451. The Morgan fingerprint density at radius 1 is 1.32 bits per heavy atom. The minimum Gasteiger partial charge on any atom is -0.388 e. The first-order valence-electron chi connectivity index (χ1n) is 6.42. The Balaban J connectivity index is 1.92. The lowest BCUT2D eigenvalue weighted by Crippen LogP contribution is -2.03. The van der Waals surface area contributed by atoms with Crippen molar-refractivity contribution in [2.24, 2.45) is 7.05 Å². The van der Waals surface area contributed by atoms with Crippen LogP contribution >= 0.6 is 0 Å². The van der Waals surface area contributed by atoms with Gasteiger partial charge in [0.05, 0.1) is 12.7 Å². The zero-order valence-corrected chi connectivity index (χ0v) is 11.4. The summed E-state index contributed by atoms with van der Waals surface area (Å²) in [6.07, 6.45) is 4.69. The standard InChI is InChI=1S/C15H20N2O2/c1-17-10-9-16-15(17)8-7-14(18)13-5-3-12(4-6-13)11-19-2/h3-6,9-10,14,18H,7-8,11H2,1-2H3. The number of rotatable bonds is 6. The van der Waals surface area contributed by atoms with Crippen LogP contribution in [0.25, 0.3) is 0 Å². The van der Waals surface area contributed by atoms with Gasteiger partial charge >= 0.3 is 0 Å². The van der Waals surface area contributed by atoms with Gasteiger partial charge in [0, 0.05) is 33.0 Å². The number of benzene rings is 1. The van der Waals surface area contributed by atoms with E-state index in [0.29, 0.717) is 13.0 Å². The highest BCUT2D eigenvalue weighted by Crippen LogP contribution is 2.19. The van der Waals surface area contributed by atoms with Crippen molar-refractivity contribution in [3.05, 3.63) is 53.6 Å². The number of methoxy groups -OCH3 is 1. The predicted molar refractivity (Wildman–Crippen MR) is 73.6 cm³/mol. The molecule has 102 valence electrons. The first-order chi connectivity index (χ1) is 9.20. The summed E-state index contributed by atoms with van der Waals surface area (Å²) in [7, 11) is 3.64. The van der Waals surface area contributed by atoms with Crippen molar-refractivity contribution in [1.82, 2.24) is 9.55 Å². The Labute approximate surface area is 113 Å². The molecule has 0 saturated heterocycles. The van der Waals surface area contributed by atoms with Gasteiger partial charge in [-0.25, -0.2) is 4.98 Å². The van der Waals surface area contributed by atoms with Crippen molar-refractivity contribution in [2.75, 3.05) is 7.11 Å². The van der Waals surface area contributed by atoms with E-state index in [2.05, 4.69) is 4.98 Å². The smallest absolute Gasteiger partial charge is 0.108 e. The summed E-state index contributed by atoms with van der Waals surface area (Å²) in [6, 6.07) is 7.89. The van der Waals surface area contributed by atoms with Gasteiger partial charge in [-0.05, 0) is 17.5 Å². The average molecular weight is 260 g/mol. The Kier molecular flexibility index (Phi) is 4.71. The molecule has 1 heterocycles. The Morgan fingerprint density at radius 2 is 2.05 bits per heavy atom. The molecule has 1 N–H and O–H groups in total. The molecule has 0 amide bonds. The molecule has 1 unspecified atom stereocenters. The monoisotopic (exact) mass is 260 g/mol. The largest absolute Gasteiger partial charge is 0.388 e. The highest BCUT2D eigenvalue weighted by molar-refractivity contribution is 5.23. The summed E-state index contributed by atoms with van der Waals surface area (Å²) in [5, 5.41) is 10.2. The van der Waals surface area contributed by atoms with Crippen LogP contribution in [0.2, 0.25) is 0 Å². The van der Waals surface area contributed by atoms with Crippen molar-refractivity contribution in [3.63, 3.8) is 0 Å². The van der Waals surface area contributed by atoms with Crippen molar-refractivity contribution in [3.8, 4) is 0 Å². The summed E-state index contributed by atoms with van der Waals surface area (Å²) in [6.45, 7) is 0.601. The van der Waals surface area contributed by atoms with E-state index in [-0.39, 0.29) is 0 Å². The van der Waals surface area contributed by atoms with Gasteiger partial charge in [0.2, 0.25) is 0 Å². The highest BCUT2D eigenvalue weighted by Gasteiger charge is 2.09. The van der Waals surface area contributed by atoms with E-state index in [0.717, 1.165) is 23.4 Å². The van der Waals surface area contributed by atoms with Crippen LogP contribution in [0.5, 0.6) is 0 Å². The molecule has 4 heteroatoms. The maximum absolute atomic E-state index is 10.2. The van der Waals surface area contributed by atoms with Gasteiger partial charge in [0.15, 0.2) is 0 Å². The van der Waals surface area contributed by atoms with Crippen LogP contribution in [-0.4, -0.2) is 21.8 Å². The van der Waals surface area contributed by atoms with E-state index in [1.807, 2.05) is 42.1 Å². The van der Waals surface area contributed by atoms with Crippen LogP contribution in [0.4, 0.5) is 0 Å². The summed E-state index contributed by atoms with van der Waals surface area (Å²) in [5.74, 6) is 0.995. The fourth-order valence-corrected chi connectivity index (χ4v) is 2.07. The number of ether oxygens (including phenoxy) is 1. The molecule has 0 aliphatic heterocycles. The Bertz CT molecular complexity index is 505. The Morgan fingerprint density at radius 3 is 2.63 bits per heavy atom. The van der Waals surface area contributed by atoms with Crippen LogP contribution in [0.1, 0.15) is 29.5 Å². The molecule has 0 aliphatic carbocycles. The van der Waals surface area contributed by atoms with Gasteiger partial charge in [0.25, 0.3) is 0 Å². The number of aryl methyl sites for hydroxylation is 2. The van der Waals surface area contributed by atoms with Crippen molar-refractivity contribution < 1.29 is 9.84 Å². The van der Waals surface area contributed by atoms with Crippen LogP contribution in [0.15, 0.2) is 36.7 Å². The molecule has 0 aliphatic rings. The minimum atomic E-state index is -0.451. The van der Waals surface area contributed by atoms with Gasteiger partial charge in [0.1, 0.15) is 5.82 Å². The normalized spacial score (nSPS) is 12.6. The van der Waals surface area contributed by atoms with E-state index in [1.165, 1.54) is 0 Å². The average Bonchev–Trinajstić information content (AvgIpc) is 2.83. The lowest BCUT2D eigenvalue weighted by Gasteiger charge is -2.11. The summed E-state index contributed by atoms with van der Waals surface area (Å²) in [4.78, 5) is 4.26. The molecular weight excluding hydrogens is 240 g/mol. The van der Waals surface area contributed by atoms with E-state index < -0.39 is 6.10 Å². The highest BCUT2D eigenvalue weighted by atomic mass is 16.5. The second-order valence-corrected chi connectivity index (χ2v) is 4.68. The number of nitrogens with zero attached hydrogens (tertiary/aromatic N) is 2. The van der Waals surface area contributed by atoms with Crippen LogP contribution in [0.3, 0.4) is 0 Å². The number of aliphatic hydroxyl groups is 1. The SMILES string of the molecule is COCc1ccc(C(O)CCc2nccn2C)cc1. The number of aromatic nitrogens is 2. The Hall–Kier alpha value is -1.65. The molecule has 1 aromatic carbocycles. The number of aliphatic hydroxyl groups excluding tert-OH is 1. The fraction of sp³-hybridized carbons (Fsp3) is 0.400. The van der Waals surface area contributed by atoms with Crippen molar-refractivity contribution >= 4 is 0 Å². The predicted octanol–water partition coefficient (Wildman–Crippen LogP) is 2.23. The fourth-order valence-electron chi connectivity index (χ4n) is 2.07. The second kappa shape index (κ2) is 6.50. The maximum Gasteiger partial charge on any atom is 0.108 e. The summed E-state index contributed by atoms with van der Waals surface area (Å²) in [5.41, 5.74) is 2.05. The quantitative estimate of drug-likeness (QED) is 0.866. The number of hydrogen-bond donors (Lipinski definition) is 1. The summed E-state index contributed by atoms with van der Waals surface area (Å²) < 4.78 is 7.04. The third-order valence-corrected chi connectivity index (χ3v) is 3.24. The molecule has 2 aromatic rings. The lowest BCUT2D eigenvalue weighted by molar-refractivity contribution is 0.166. The first kappa shape index (κ1) is 13.8. The van der Waals surface area contributed by atoms with Gasteiger partial charge in [-0.15, -0.1) is 0 Å². The number of hydrogen-bond acceptors (Lipinski definition) is 3. The zero-order chi connectivity index (χ0) is 13.7. The van der Waals surface area contributed by atoms with E-state index in [9.17, 15) is 5.11 Å². The van der Waals surface area contributed by atoms with Crippen molar-refractivity contribution in [2.45, 2.75) is 25.6 Å². The molecule has 0 radical (unpaired) electrons. The van der Waals surface area contributed by atoms with Gasteiger partial charge in [-0.2, -0.15) is 0 Å². The summed E-state index contributed by atoms with van der Waals surface area (Å²) >= 11 is 0. The van der Waals surface area contributed by atoms with Gasteiger partial charge in [-0.1, -0.05) is 24.3 Å². The maximum atomic E-state index is 10.2. The van der Waals surface area contributed by atoms with E-state index in [1.54, 1.807) is 13.3 Å². The molecule has 1 atom stereocenters.